The predicted molar refractivity (Wildman–Crippen MR) is 62.0 cm³/mol. The lowest BCUT2D eigenvalue weighted by Gasteiger charge is -2.26. The van der Waals surface area contributed by atoms with Gasteiger partial charge in [0.2, 0.25) is 0 Å². The third-order valence-electron chi connectivity index (χ3n) is 2.99. The van der Waals surface area contributed by atoms with Gasteiger partial charge in [0, 0.05) is 19.7 Å². The van der Waals surface area contributed by atoms with E-state index in [4.69, 9.17) is 9.84 Å². The van der Waals surface area contributed by atoms with Crippen LogP contribution in [0.1, 0.15) is 38.5 Å². The molecule has 0 bridgehead atoms. The van der Waals surface area contributed by atoms with E-state index in [1.54, 1.807) is 0 Å². The summed E-state index contributed by atoms with van der Waals surface area (Å²) in [7, 11) is 0. The van der Waals surface area contributed by atoms with Crippen molar-refractivity contribution < 1.29 is 9.84 Å². The van der Waals surface area contributed by atoms with Crippen LogP contribution >= 0.6 is 0 Å². The number of unbranched alkanes of at least 4 members (excludes halogenated alkanes) is 5. The number of morpholine rings is 1. The van der Waals surface area contributed by atoms with Gasteiger partial charge in [-0.2, -0.15) is 0 Å². The molecule has 1 aliphatic rings. The van der Waals surface area contributed by atoms with E-state index in [1.807, 2.05) is 0 Å². The molecule has 0 aliphatic carbocycles. The normalized spacial score (nSPS) is 18.2. The topological polar surface area (TPSA) is 32.7 Å². The van der Waals surface area contributed by atoms with E-state index >= 15 is 0 Å². The lowest BCUT2D eigenvalue weighted by atomic mass is 10.1. The second-order valence-corrected chi connectivity index (χ2v) is 4.30. The Labute approximate surface area is 93.4 Å². The van der Waals surface area contributed by atoms with Gasteiger partial charge >= 0.3 is 0 Å². The van der Waals surface area contributed by atoms with Crippen molar-refractivity contribution in [3.63, 3.8) is 0 Å². The fourth-order valence-electron chi connectivity index (χ4n) is 1.98. The molecule has 1 aliphatic heterocycles. The van der Waals surface area contributed by atoms with Crippen molar-refractivity contribution in [2.24, 2.45) is 0 Å². The molecule has 0 unspecified atom stereocenters. The number of hydrogen-bond acceptors (Lipinski definition) is 3. The molecule has 3 nitrogen and oxygen atoms in total. The Balaban J connectivity index is 1.79. The van der Waals surface area contributed by atoms with E-state index in [9.17, 15) is 0 Å². The Kier molecular flexibility index (Phi) is 7.88. The van der Waals surface area contributed by atoms with E-state index in [1.165, 1.54) is 38.6 Å². The molecule has 1 heterocycles. The molecule has 0 atom stereocenters. The minimum Gasteiger partial charge on any atom is -0.396 e. The molecule has 0 aromatic carbocycles. The van der Waals surface area contributed by atoms with Gasteiger partial charge in [0.25, 0.3) is 0 Å². The second kappa shape index (κ2) is 9.13. The largest absolute Gasteiger partial charge is 0.396 e. The third kappa shape index (κ3) is 6.88. The second-order valence-electron chi connectivity index (χ2n) is 4.30. The van der Waals surface area contributed by atoms with Crippen molar-refractivity contribution in [2.75, 3.05) is 39.5 Å². The highest BCUT2D eigenvalue weighted by Gasteiger charge is 2.08. The van der Waals surface area contributed by atoms with Crippen molar-refractivity contribution in [3.8, 4) is 0 Å². The van der Waals surface area contributed by atoms with Gasteiger partial charge in [-0.1, -0.05) is 25.7 Å². The van der Waals surface area contributed by atoms with E-state index in [0.29, 0.717) is 6.61 Å². The van der Waals surface area contributed by atoms with Gasteiger partial charge in [-0.05, 0) is 19.4 Å². The number of rotatable bonds is 8. The van der Waals surface area contributed by atoms with Crippen molar-refractivity contribution in [1.82, 2.24) is 4.90 Å². The summed E-state index contributed by atoms with van der Waals surface area (Å²) >= 11 is 0. The van der Waals surface area contributed by atoms with E-state index in [0.717, 1.165) is 32.7 Å². The van der Waals surface area contributed by atoms with Crippen molar-refractivity contribution in [2.45, 2.75) is 38.5 Å². The van der Waals surface area contributed by atoms with Gasteiger partial charge < -0.3 is 9.84 Å². The molecule has 1 rings (SSSR count). The van der Waals surface area contributed by atoms with Crippen LogP contribution in [-0.4, -0.2) is 49.5 Å². The van der Waals surface area contributed by atoms with E-state index < -0.39 is 0 Å². The van der Waals surface area contributed by atoms with E-state index in [2.05, 4.69) is 4.90 Å². The van der Waals surface area contributed by atoms with Gasteiger partial charge in [0.15, 0.2) is 0 Å². The first-order valence-electron chi connectivity index (χ1n) is 6.34. The Morgan fingerprint density at radius 3 is 2.13 bits per heavy atom. The zero-order valence-electron chi connectivity index (χ0n) is 9.79. The molecule has 0 aromatic rings. The minimum absolute atomic E-state index is 0.355. The number of aliphatic hydroxyl groups is 1. The zero-order chi connectivity index (χ0) is 10.8. The van der Waals surface area contributed by atoms with Crippen LogP contribution in [0.3, 0.4) is 0 Å². The van der Waals surface area contributed by atoms with Gasteiger partial charge in [0.1, 0.15) is 0 Å². The maximum Gasteiger partial charge on any atom is 0.0594 e. The minimum atomic E-state index is 0.355. The number of hydrogen-bond donors (Lipinski definition) is 1. The molecule has 0 amide bonds. The molecule has 1 N–H and O–H groups in total. The zero-order valence-corrected chi connectivity index (χ0v) is 9.79. The Bertz CT molecular complexity index is 136. The first-order chi connectivity index (χ1) is 7.43. The van der Waals surface area contributed by atoms with Crippen LogP contribution in [0, 0.1) is 0 Å². The summed E-state index contributed by atoms with van der Waals surface area (Å²) in [6.45, 7) is 5.65. The summed E-state index contributed by atoms with van der Waals surface area (Å²) in [4.78, 5) is 2.50. The molecule has 0 radical (unpaired) electrons. The van der Waals surface area contributed by atoms with Gasteiger partial charge in [-0.3, -0.25) is 4.90 Å². The van der Waals surface area contributed by atoms with Crippen LogP contribution in [0.25, 0.3) is 0 Å². The first-order valence-corrected chi connectivity index (χ1v) is 6.34. The van der Waals surface area contributed by atoms with Crippen molar-refractivity contribution in [1.29, 1.82) is 0 Å². The smallest absolute Gasteiger partial charge is 0.0594 e. The van der Waals surface area contributed by atoms with E-state index in [-0.39, 0.29) is 0 Å². The number of ether oxygens (including phenoxy) is 1. The van der Waals surface area contributed by atoms with Crippen LogP contribution < -0.4 is 0 Å². The van der Waals surface area contributed by atoms with Crippen molar-refractivity contribution >= 4 is 0 Å². The lowest BCUT2D eigenvalue weighted by Crippen LogP contribution is -2.36. The molecule has 90 valence electrons. The van der Waals surface area contributed by atoms with Crippen LogP contribution in [0.15, 0.2) is 0 Å². The van der Waals surface area contributed by atoms with Crippen molar-refractivity contribution in [3.05, 3.63) is 0 Å². The first kappa shape index (κ1) is 12.9. The summed E-state index contributed by atoms with van der Waals surface area (Å²) in [5, 5.41) is 8.62. The summed E-state index contributed by atoms with van der Waals surface area (Å²) in [5.41, 5.74) is 0. The van der Waals surface area contributed by atoms with Crippen LogP contribution in [-0.2, 0) is 4.74 Å². The monoisotopic (exact) mass is 215 g/mol. The highest BCUT2D eigenvalue weighted by Crippen LogP contribution is 2.06. The maximum absolute atomic E-state index is 8.62. The molecule has 0 aromatic heterocycles. The standard InChI is InChI=1S/C12H25NO2/c14-10-6-4-2-1-3-5-7-13-8-11-15-12-9-13/h14H,1-12H2. The highest BCUT2D eigenvalue weighted by atomic mass is 16.5. The third-order valence-corrected chi connectivity index (χ3v) is 2.99. The predicted octanol–water partition coefficient (Wildman–Crippen LogP) is 1.65. The molecule has 3 heteroatoms. The molecular formula is C12H25NO2. The molecule has 0 spiro atoms. The number of aliphatic hydroxyl groups excluding tert-OH is 1. The van der Waals surface area contributed by atoms with Gasteiger partial charge in [-0.25, -0.2) is 0 Å². The fourth-order valence-corrected chi connectivity index (χ4v) is 1.98. The molecule has 1 saturated heterocycles. The van der Waals surface area contributed by atoms with Gasteiger partial charge in [0.05, 0.1) is 13.2 Å². The average Bonchev–Trinajstić information content (AvgIpc) is 2.29. The van der Waals surface area contributed by atoms with Crippen LogP contribution in [0.5, 0.6) is 0 Å². The summed E-state index contributed by atoms with van der Waals surface area (Å²) in [5.74, 6) is 0. The maximum atomic E-state index is 8.62. The Morgan fingerprint density at radius 2 is 1.47 bits per heavy atom. The average molecular weight is 215 g/mol. The molecular weight excluding hydrogens is 190 g/mol. The summed E-state index contributed by atoms with van der Waals surface area (Å²) in [6.07, 6.45) is 7.42. The van der Waals surface area contributed by atoms with Crippen LogP contribution in [0.2, 0.25) is 0 Å². The fraction of sp³-hybridized carbons (Fsp3) is 1.00. The van der Waals surface area contributed by atoms with Crippen LogP contribution in [0.4, 0.5) is 0 Å². The quantitative estimate of drug-likeness (QED) is 0.625. The highest BCUT2D eigenvalue weighted by molar-refractivity contribution is 4.61. The lowest BCUT2D eigenvalue weighted by molar-refractivity contribution is 0.0371. The Morgan fingerprint density at radius 1 is 0.867 bits per heavy atom. The molecule has 15 heavy (non-hydrogen) atoms. The number of nitrogens with zero attached hydrogens (tertiary/aromatic N) is 1. The SMILES string of the molecule is OCCCCCCCCN1CCOCC1. The molecule has 0 saturated carbocycles. The molecule has 1 fully saturated rings. The van der Waals surface area contributed by atoms with Gasteiger partial charge in [-0.15, -0.1) is 0 Å². The summed E-state index contributed by atoms with van der Waals surface area (Å²) < 4.78 is 5.31. The summed E-state index contributed by atoms with van der Waals surface area (Å²) in [6, 6.07) is 0. The Hall–Kier alpha value is -0.120.